The Morgan fingerprint density at radius 3 is 2.45 bits per heavy atom. The molecule has 2 heterocycles. The Morgan fingerprint density at radius 1 is 1.15 bits per heavy atom. The summed E-state index contributed by atoms with van der Waals surface area (Å²) in [6, 6.07) is 5.49. The lowest BCUT2D eigenvalue weighted by atomic mass is 10.1. The van der Waals surface area contributed by atoms with Gasteiger partial charge in [-0.25, -0.2) is 4.68 Å². The predicted molar refractivity (Wildman–Crippen MR) is 78.2 cm³/mol. The maximum Gasteiger partial charge on any atom is 0.182 e. The van der Waals surface area contributed by atoms with Crippen LogP contribution in [0, 0.1) is 0 Å². The molecule has 20 heavy (non-hydrogen) atoms. The summed E-state index contributed by atoms with van der Waals surface area (Å²) in [6.07, 6.45) is 1.64. The van der Waals surface area contributed by atoms with E-state index in [2.05, 4.69) is 15.5 Å². The van der Waals surface area contributed by atoms with Gasteiger partial charge < -0.3 is 11.5 Å². The molecule has 0 spiro atoms. The van der Waals surface area contributed by atoms with Crippen LogP contribution in [0.25, 0.3) is 11.4 Å². The van der Waals surface area contributed by atoms with Crippen LogP contribution in [0.4, 0.5) is 11.4 Å². The Balaban J connectivity index is 1.95. The Hall–Kier alpha value is -1.96. The molecule has 0 unspecified atom stereocenters. The van der Waals surface area contributed by atoms with E-state index in [-0.39, 0.29) is 6.04 Å². The second-order valence-corrected chi connectivity index (χ2v) is 6.61. The van der Waals surface area contributed by atoms with E-state index in [1.165, 1.54) is 0 Å². The van der Waals surface area contributed by atoms with Crippen molar-refractivity contribution in [1.82, 2.24) is 20.2 Å². The van der Waals surface area contributed by atoms with Crippen molar-refractivity contribution < 1.29 is 4.21 Å². The largest absolute Gasteiger partial charge is 0.399 e. The molecule has 2 aromatic rings. The number of anilines is 2. The first-order valence-corrected chi connectivity index (χ1v) is 7.91. The van der Waals surface area contributed by atoms with Crippen LogP contribution in [0.2, 0.25) is 0 Å². The number of nitrogens with two attached hydrogens (primary N) is 2. The fraction of sp³-hybridized carbons (Fsp3) is 0.417. The van der Waals surface area contributed by atoms with Gasteiger partial charge in [-0.2, -0.15) is 0 Å². The summed E-state index contributed by atoms with van der Waals surface area (Å²) < 4.78 is 13.2. The molecule has 1 saturated heterocycles. The van der Waals surface area contributed by atoms with Gasteiger partial charge in [-0.1, -0.05) is 0 Å². The minimum atomic E-state index is -0.703. The van der Waals surface area contributed by atoms with E-state index in [0.717, 1.165) is 18.4 Å². The third kappa shape index (κ3) is 2.51. The van der Waals surface area contributed by atoms with Crippen LogP contribution < -0.4 is 11.5 Å². The number of benzene rings is 1. The Bertz CT molecular complexity index is 625. The van der Waals surface area contributed by atoms with E-state index in [1.54, 1.807) is 22.9 Å². The van der Waals surface area contributed by atoms with Crippen molar-refractivity contribution in [2.45, 2.75) is 18.9 Å². The zero-order valence-electron chi connectivity index (χ0n) is 10.9. The summed E-state index contributed by atoms with van der Waals surface area (Å²) in [4.78, 5) is 0. The SMILES string of the molecule is Nc1cc(N)cc(-c2nnnn2C2CCS(=O)CC2)c1. The minimum absolute atomic E-state index is 0.181. The molecule has 106 valence electrons. The number of aromatic nitrogens is 4. The lowest BCUT2D eigenvalue weighted by Crippen LogP contribution is -2.23. The summed E-state index contributed by atoms with van der Waals surface area (Å²) in [5.74, 6) is 2.05. The van der Waals surface area contributed by atoms with Crippen molar-refractivity contribution in [1.29, 1.82) is 0 Å². The number of hydrogen-bond acceptors (Lipinski definition) is 6. The van der Waals surface area contributed by atoms with E-state index in [9.17, 15) is 4.21 Å². The summed E-state index contributed by atoms with van der Waals surface area (Å²) in [5.41, 5.74) is 13.6. The van der Waals surface area contributed by atoms with Crippen LogP contribution in [-0.2, 0) is 10.8 Å². The smallest absolute Gasteiger partial charge is 0.182 e. The molecule has 8 heteroatoms. The highest BCUT2D eigenvalue weighted by Crippen LogP contribution is 2.28. The molecular formula is C12H16N6OS. The topological polar surface area (TPSA) is 113 Å². The number of rotatable bonds is 2. The molecular weight excluding hydrogens is 276 g/mol. The van der Waals surface area contributed by atoms with E-state index < -0.39 is 10.8 Å². The molecule has 0 amide bonds. The van der Waals surface area contributed by atoms with Crippen LogP contribution in [0.3, 0.4) is 0 Å². The van der Waals surface area contributed by atoms with Crippen molar-refractivity contribution >= 4 is 22.2 Å². The fourth-order valence-electron chi connectivity index (χ4n) is 2.46. The molecule has 3 rings (SSSR count). The number of nitrogens with zero attached hydrogens (tertiary/aromatic N) is 4. The van der Waals surface area contributed by atoms with Crippen molar-refractivity contribution in [2.75, 3.05) is 23.0 Å². The third-order valence-electron chi connectivity index (χ3n) is 3.43. The van der Waals surface area contributed by atoms with Gasteiger partial charge in [0.15, 0.2) is 5.82 Å². The predicted octanol–water partition coefficient (Wildman–Crippen LogP) is 0.588. The van der Waals surface area contributed by atoms with Gasteiger partial charge in [0.05, 0.1) is 6.04 Å². The van der Waals surface area contributed by atoms with Gasteiger partial charge in [-0.15, -0.1) is 5.10 Å². The highest BCUT2D eigenvalue weighted by atomic mass is 32.2. The van der Waals surface area contributed by atoms with Crippen LogP contribution in [0.5, 0.6) is 0 Å². The second-order valence-electron chi connectivity index (χ2n) is 4.91. The number of nitrogen functional groups attached to an aromatic ring is 2. The van der Waals surface area contributed by atoms with Gasteiger partial charge in [0.25, 0.3) is 0 Å². The lowest BCUT2D eigenvalue weighted by Gasteiger charge is -2.22. The minimum Gasteiger partial charge on any atom is -0.399 e. The van der Waals surface area contributed by atoms with Crippen molar-refractivity contribution in [2.24, 2.45) is 0 Å². The number of hydrogen-bond donors (Lipinski definition) is 2. The first kappa shape index (κ1) is 13.0. The molecule has 1 fully saturated rings. The Kier molecular flexibility index (Phi) is 3.39. The number of tetrazole rings is 1. The lowest BCUT2D eigenvalue weighted by molar-refractivity contribution is 0.415. The molecule has 0 radical (unpaired) electrons. The fourth-order valence-corrected chi connectivity index (χ4v) is 3.74. The molecule has 1 aliphatic heterocycles. The summed E-state index contributed by atoms with van der Waals surface area (Å²) in [7, 11) is -0.703. The zero-order valence-corrected chi connectivity index (χ0v) is 11.7. The van der Waals surface area contributed by atoms with Crippen molar-refractivity contribution in [3.8, 4) is 11.4 Å². The van der Waals surface area contributed by atoms with E-state index in [4.69, 9.17) is 11.5 Å². The molecule has 0 bridgehead atoms. The van der Waals surface area contributed by atoms with Gasteiger partial charge in [0, 0.05) is 39.2 Å². The normalized spacial score (nSPS) is 22.8. The Morgan fingerprint density at radius 2 is 1.80 bits per heavy atom. The first-order chi connectivity index (χ1) is 9.63. The highest BCUT2D eigenvalue weighted by Gasteiger charge is 2.23. The average Bonchev–Trinajstić information content (AvgIpc) is 2.87. The molecule has 1 aromatic heterocycles. The molecule has 1 aromatic carbocycles. The average molecular weight is 292 g/mol. The first-order valence-electron chi connectivity index (χ1n) is 6.43. The summed E-state index contributed by atoms with van der Waals surface area (Å²) in [6.45, 7) is 0. The van der Waals surface area contributed by atoms with E-state index >= 15 is 0 Å². The molecule has 0 saturated carbocycles. The van der Waals surface area contributed by atoms with Crippen LogP contribution in [0.1, 0.15) is 18.9 Å². The third-order valence-corrected chi connectivity index (χ3v) is 4.81. The monoisotopic (exact) mass is 292 g/mol. The van der Waals surface area contributed by atoms with Crippen molar-refractivity contribution in [3.63, 3.8) is 0 Å². The molecule has 4 N–H and O–H groups in total. The van der Waals surface area contributed by atoms with Crippen LogP contribution in [0.15, 0.2) is 18.2 Å². The zero-order chi connectivity index (χ0) is 14.1. The Labute approximate surface area is 118 Å². The maximum absolute atomic E-state index is 11.4. The van der Waals surface area contributed by atoms with Gasteiger partial charge in [-0.3, -0.25) is 4.21 Å². The summed E-state index contributed by atoms with van der Waals surface area (Å²) in [5, 5.41) is 11.9. The second kappa shape index (κ2) is 5.20. The quantitative estimate of drug-likeness (QED) is 0.783. The molecule has 7 nitrogen and oxygen atoms in total. The standard InChI is InChI=1S/C12H16N6OS/c13-9-5-8(6-10(14)7-9)12-15-16-17-18(12)11-1-3-20(19)4-2-11/h5-7,11H,1-4,13-14H2. The maximum atomic E-state index is 11.4. The van der Waals surface area contributed by atoms with Gasteiger partial charge >= 0.3 is 0 Å². The van der Waals surface area contributed by atoms with Crippen molar-refractivity contribution in [3.05, 3.63) is 18.2 Å². The van der Waals surface area contributed by atoms with Gasteiger partial charge in [-0.05, 0) is 41.5 Å². The van der Waals surface area contributed by atoms with Crippen LogP contribution >= 0.6 is 0 Å². The molecule has 0 atom stereocenters. The van der Waals surface area contributed by atoms with Crippen LogP contribution in [-0.4, -0.2) is 35.9 Å². The van der Waals surface area contributed by atoms with E-state index in [1.807, 2.05) is 0 Å². The van der Waals surface area contributed by atoms with E-state index in [0.29, 0.717) is 28.7 Å². The molecule has 0 aliphatic carbocycles. The van der Waals surface area contributed by atoms with Gasteiger partial charge in [0.1, 0.15) is 0 Å². The highest BCUT2D eigenvalue weighted by molar-refractivity contribution is 7.85. The van der Waals surface area contributed by atoms with Gasteiger partial charge in [0.2, 0.25) is 0 Å². The molecule has 1 aliphatic rings. The summed E-state index contributed by atoms with van der Waals surface area (Å²) >= 11 is 0.